The van der Waals surface area contributed by atoms with Crippen LogP contribution in [0.2, 0.25) is 0 Å². The van der Waals surface area contributed by atoms with Gasteiger partial charge in [-0.15, -0.1) is 11.3 Å². The number of aryl methyl sites for hydroxylation is 1. The van der Waals surface area contributed by atoms with Crippen molar-refractivity contribution in [3.8, 4) is 10.6 Å². The van der Waals surface area contributed by atoms with Gasteiger partial charge in [-0.1, -0.05) is 0 Å². The van der Waals surface area contributed by atoms with Crippen molar-refractivity contribution in [2.24, 2.45) is 0 Å². The third-order valence-electron chi connectivity index (χ3n) is 4.80. The predicted molar refractivity (Wildman–Crippen MR) is 114 cm³/mol. The molecule has 0 bridgehead atoms. The number of thiophene rings is 1. The van der Waals surface area contributed by atoms with Crippen molar-refractivity contribution in [3.05, 3.63) is 51.7 Å². The molecule has 27 heavy (non-hydrogen) atoms. The molecule has 0 radical (unpaired) electrons. The molecule has 1 amide bonds. The fourth-order valence-corrected chi connectivity index (χ4v) is 4.74. The molecule has 1 aromatic carbocycles. The van der Waals surface area contributed by atoms with Crippen molar-refractivity contribution >= 4 is 40.0 Å². The lowest BCUT2D eigenvalue weighted by Crippen LogP contribution is -2.44. The van der Waals surface area contributed by atoms with Gasteiger partial charge in [0.1, 0.15) is 10.7 Å². The van der Waals surface area contributed by atoms with Gasteiger partial charge in [-0.25, -0.2) is 4.98 Å². The van der Waals surface area contributed by atoms with E-state index in [4.69, 9.17) is 0 Å². The number of carbonyl (C=O) groups is 1. The molecule has 3 aromatic rings. The molecule has 1 saturated heterocycles. The molecule has 1 fully saturated rings. The summed E-state index contributed by atoms with van der Waals surface area (Å²) in [5.41, 5.74) is 4.75. The molecular weight excluding hydrogens is 376 g/mol. The molecule has 140 valence electrons. The molecule has 3 heterocycles. The topological polar surface area (TPSA) is 48.5 Å². The van der Waals surface area contributed by atoms with Crippen LogP contribution in [0.15, 0.2) is 40.4 Å². The fraction of sp³-hybridized carbons (Fsp3) is 0.300. The van der Waals surface area contributed by atoms with Gasteiger partial charge in [0.25, 0.3) is 5.91 Å². The molecule has 0 atom stereocenters. The van der Waals surface area contributed by atoms with Crippen LogP contribution in [-0.2, 0) is 0 Å². The Morgan fingerprint density at radius 3 is 2.67 bits per heavy atom. The van der Waals surface area contributed by atoms with Crippen molar-refractivity contribution in [2.75, 3.05) is 43.4 Å². The number of carbonyl (C=O) groups excluding carboxylic acids is 1. The second-order valence-electron chi connectivity index (χ2n) is 6.80. The van der Waals surface area contributed by atoms with E-state index in [1.165, 1.54) is 22.6 Å². The zero-order valence-corrected chi connectivity index (χ0v) is 17.1. The van der Waals surface area contributed by atoms with E-state index in [9.17, 15) is 4.79 Å². The van der Waals surface area contributed by atoms with Gasteiger partial charge in [0.05, 0.1) is 0 Å². The van der Waals surface area contributed by atoms with E-state index >= 15 is 0 Å². The Labute approximate surface area is 167 Å². The second-order valence-corrected chi connectivity index (χ2v) is 8.43. The summed E-state index contributed by atoms with van der Waals surface area (Å²) in [6.45, 7) is 6.32. The van der Waals surface area contributed by atoms with Crippen LogP contribution in [0.25, 0.3) is 10.6 Å². The summed E-state index contributed by atoms with van der Waals surface area (Å²) in [6.07, 6.45) is 0. The average molecular weight is 399 g/mol. The second kappa shape index (κ2) is 7.80. The molecule has 0 saturated carbocycles. The Morgan fingerprint density at radius 1 is 1.15 bits per heavy atom. The van der Waals surface area contributed by atoms with E-state index in [1.54, 1.807) is 11.3 Å². The summed E-state index contributed by atoms with van der Waals surface area (Å²) in [5.74, 6) is -0.167. The number of benzene rings is 1. The number of thiazole rings is 1. The van der Waals surface area contributed by atoms with Gasteiger partial charge in [-0.2, -0.15) is 11.3 Å². The maximum Gasteiger partial charge on any atom is 0.275 e. The van der Waals surface area contributed by atoms with Crippen molar-refractivity contribution in [1.29, 1.82) is 0 Å². The van der Waals surface area contributed by atoms with Crippen LogP contribution in [0, 0.1) is 6.92 Å². The monoisotopic (exact) mass is 398 g/mol. The van der Waals surface area contributed by atoms with Crippen LogP contribution in [-0.4, -0.2) is 49.0 Å². The molecule has 0 unspecified atom stereocenters. The third-order valence-corrected chi connectivity index (χ3v) is 6.38. The number of piperazine rings is 1. The molecule has 1 aliphatic rings. The summed E-state index contributed by atoms with van der Waals surface area (Å²) in [6, 6.07) is 8.14. The first-order valence-electron chi connectivity index (χ1n) is 8.94. The minimum atomic E-state index is -0.167. The standard InChI is InChI=1S/C20H22N4OS2/c1-14-11-16(3-4-18(14)24-8-6-23(2)7-9-24)21-19(25)17-13-27-20(22-17)15-5-10-26-12-15/h3-5,10-13H,6-9H2,1-2H3,(H,21,25). The number of hydrogen-bond acceptors (Lipinski definition) is 6. The quantitative estimate of drug-likeness (QED) is 0.716. The van der Waals surface area contributed by atoms with Crippen LogP contribution >= 0.6 is 22.7 Å². The van der Waals surface area contributed by atoms with E-state index in [1.807, 2.05) is 34.3 Å². The van der Waals surface area contributed by atoms with Gasteiger partial charge in [-0.3, -0.25) is 4.79 Å². The fourth-order valence-electron chi connectivity index (χ4n) is 3.23. The SMILES string of the molecule is Cc1cc(NC(=O)c2csc(-c3ccsc3)n2)ccc1N1CCN(C)CC1. The zero-order chi connectivity index (χ0) is 18.8. The molecule has 1 aliphatic heterocycles. The van der Waals surface area contributed by atoms with E-state index in [2.05, 4.69) is 40.1 Å². The smallest absolute Gasteiger partial charge is 0.275 e. The summed E-state index contributed by atoms with van der Waals surface area (Å²) >= 11 is 3.12. The van der Waals surface area contributed by atoms with Gasteiger partial charge in [0, 0.05) is 53.9 Å². The van der Waals surface area contributed by atoms with Gasteiger partial charge in [0.2, 0.25) is 0 Å². The largest absolute Gasteiger partial charge is 0.369 e. The number of aromatic nitrogens is 1. The lowest BCUT2D eigenvalue weighted by atomic mass is 10.1. The zero-order valence-electron chi connectivity index (χ0n) is 15.4. The Bertz CT molecular complexity index is 927. The van der Waals surface area contributed by atoms with Crippen molar-refractivity contribution in [2.45, 2.75) is 6.92 Å². The van der Waals surface area contributed by atoms with Crippen LogP contribution in [0.5, 0.6) is 0 Å². The Balaban J connectivity index is 1.45. The maximum atomic E-state index is 12.6. The summed E-state index contributed by atoms with van der Waals surface area (Å²) in [7, 11) is 2.16. The van der Waals surface area contributed by atoms with Crippen LogP contribution < -0.4 is 10.2 Å². The lowest BCUT2D eigenvalue weighted by Gasteiger charge is -2.35. The molecule has 1 N–H and O–H groups in total. The molecular formula is C20H22N4OS2. The van der Waals surface area contributed by atoms with Gasteiger partial charge in [0.15, 0.2) is 0 Å². The van der Waals surface area contributed by atoms with Crippen LogP contribution in [0.4, 0.5) is 11.4 Å². The average Bonchev–Trinajstić information content (AvgIpc) is 3.34. The number of rotatable bonds is 4. The van der Waals surface area contributed by atoms with E-state index in [0.717, 1.165) is 42.4 Å². The minimum absolute atomic E-state index is 0.167. The normalized spacial score (nSPS) is 15.1. The lowest BCUT2D eigenvalue weighted by molar-refractivity contribution is 0.102. The maximum absolute atomic E-state index is 12.6. The molecule has 7 heteroatoms. The van der Waals surface area contributed by atoms with E-state index in [0.29, 0.717) is 5.69 Å². The minimum Gasteiger partial charge on any atom is -0.369 e. The van der Waals surface area contributed by atoms with Crippen LogP contribution in [0.3, 0.4) is 0 Å². The van der Waals surface area contributed by atoms with Gasteiger partial charge < -0.3 is 15.1 Å². The molecule has 4 rings (SSSR count). The summed E-state index contributed by atoms with van der Waals surface area (Å²) in [5, 5.41) is 9.72. The highest BCUT2D eigenvalue weighted by atomic mass is 32.1. The van der Waals surface area contributed by atoms with Crippen molar-refractivity contribution < 1.29 is 4.79 Å². The van der Waals surface area contributed by atoms with Crippen molar-refractivity contribution in [3.63, 3.8) is 0 Å². The number of amides is 1. The Kier molecular flexibility index (Phi) is 5.24. The highest BCUT2D eigenvalue weighted by Gasteiger charge is 2.17. The van der Waals surface area contributed by atoms with Crippen LogP contribution in [0.1, 0.15) is 16.1 Å². The first-order chi connectivity index (χ1) is 13.1. The molecule has 0 spiro atoms. The highest BCUT2D eigenvalue weighted by molar-refractivity contribution is 7.14. The first-order valence-corrected chi connectivity index (χ1v) is 10.8. The van der Waals surface area contributed by atoms with Gasteiger partial charge in [-0.05, 0) is 49.2 Å². The number of anilines is 2. The van der Waals surface area contributed by atoms with E-state index in [-0.39, 0.29) is 5.91 Å². The predicted octanol–water partition coefficient (Wildman–Crippen LogP) is 4.18. The molecule has 5 nitrogen and oxygen atoms in total. The molecule has 0 aliphatic carbocycles. The number of nitrogens with zero attached hydrogens (tertiary/aromatic N) is 3. The third kappa shape index (κ3) is 4.05. The Hall–Kier alpha value is -2.22. The Morgan fingerprint density at radius 2 is 1.96 bits per heavy atom. The number of nitrogens with one attached hydrogen (secondary N) is 1. The van der Waals surface area contributed by atoms with Crippen molar-refractivity contribution in [1.82, 2.24) is 9.88 Å². The number of hydrogen-bond donors (Lipinski definition) is 1. The number of likely N-dealkylation sites (N-methyl/N-ethyl adjacent to an activating group) is 1. The highest BCUT2D eigenvalue weighted by Crippen LogP contribution is 2.27. The first kappa shape index (κ1) is 18.2. The summed E-state index contributed by atoms with van der Waals surface area (Å²) in [4.78, 5) is 21.8. The molecule has 2 aromatic heterocycles. The van der Waals surface area contributed by atoms with Gasteiger partial charge >= 0.3 is 0 Å². The van der Waals surface area contributed by atoms with E-state index < -0.39 is 0 Å². The summed E-state index contributed by atoms with van der Waals surface area (Å²) < 4.78 is 0.